The van der Waals surface area contributed by atoms with E-state index < -0.39 is 0 Å². The first kappa shape index (κ1) is 15.1. The van der Waals surface area contributed by atoms with Crippen molar-refractivity contribution in [2.45, 2.75) is 19.9 Å². The Morgan fingerprint density at radius 1 is 1.27 bits per heavy atom. The molecule has 1 amide bonds. The zero-order valence-electron chi connectivity index (χ0n) is 12.5. The number of carbonyl (C=O) groups is 1. The molecule has 5 heteroatoms. The maximum Gasteiger partial charge on any atom is 0.227 e. The molecule has 1 aromatic carbocycles. The van der Waals surface area contributed by atoms with Gasteiger partial charge in [-0.05, 0) is 30.7 Å². The minimum Gasteiger partial charge on any atom is -0.358 e. The summed E-state index contributed by atoms with van der Waals surface area (Å²) in [6.07, 6.45) is 0.408. The van der Waals surface area contributed by atoms with Crippen molar-refractivity contribution in [2.24, 2.45) is 0 Å². The Bertz CT molecular complexity index is 821. The number of aromatic amines is 1. The minimum absolute atomic E-state index is 0.109. The Morgan fingerprint density at radius 3 is 2.77 bits per heavy atom. The Labute approximate surface area is 138 Å². The molecule has 0 aliphatic carbocycles. The quantitative estimate of drug-likeness (QED) is 0.755. The molecule has 114 valence electrons. The number of nitrogens with one attached hydrogen (secondary N) is 1. The van der Waals surface area contributed by atoms with Crippen molar-refractivity contribution in [2.75, 3.05) is 7.05 Å². The minimum atomic E-state index is 0.109. The topological polar surface area (TPSA) is 36.1 Å². The van der Waals surface area contributed by atoms with Gasteiger partial charge in [0.1, 0.15) is 0 Å². The fraction of sp³-hybridized carbons (Fsp3) is 0.235. The van der Waals surface area contributed by atoms with Crippen LogP contribution in [-0.4, -0.2) is 22.8 Å². The number of likely N-dealkylation sites (N-methyl/N-ethyl adjacent to an activating group) is 1. The first-order valence-corrected chi connectivity index (χ1v) is 8.28. The van der Waals surface area contributed by atoms with Crippen LogP contribution in [0.15, 0.2) is 36.4 Å². The summed E-state index contributed by atoms with van der Waals surface area (Å²) >= 11 is 7.45. The van der Waals surface area contributed by atoms with Crippen LogP contribution < -0.4 is 0 Å². The van der Waals surface area contributed by atoms with Crippen molar-refractivity contribution in [3.63, 3.8) is 0 Å². The van der Waals surface area contributed by atoms with E-state index in [0.717, 1.165) is 31.4 Å². The van der Waals surface area contributed by atoms with Crippen molar-refractivity contribution in [3.8, 4) is 0 Å². The van der Waals surface area contributed by atoms with Gasteiger partial charge in [0.2, 0.25) is 5.91 Å². The van der Waals surface area contributed by atoms with E-state index in [2.05, 4.69) is 11.1 Å². The largest absolute Gasteiger partial charge is 0.358 e. The van der Waals surface area contributed by atoms with Crippen LogP contribution in [-0.2, 0) is 17.8 Å². The van der Waals surface area contributed by atoms with Crippen molar-refractivity contribution in [3.05, 3.63) is 56.9 Å². The molecule has 0 radical (unpaired) electrons. The Hall–Kier alpha value is -1.78. The summed E-state index contributed by atoms with van der Waals surface area (Å²) in [6, 6.07) is 11.9. The van der Waals surface area contributed by atoms with Crippen molar-refractivity contribution in [1.82, 2.24) is 9.88 Å². The van der Waals surface area contributed by atoms with E-state index >= 15 is 0 Å². The monoisotopic (exact) mass is 332 g/mol. The number of benzene rings is 1. The molecular weight excluding hydrogens is 316 g/mol. The zero-order valence-corrected chi connectivity index (χ0v) is 14.1. The Kier molecular flexibility index (Phi) is 4.23. The highest BCUT2D eigenvalue weighted by Gasteiger charge is 2.16. The molecular formula is C17H17ClN2OS. The number of para-hydroxylation sites is 1. The predicted molar refractivity (Wildman–Crippen MR) is 92.5 cm³/mol. The number of amides is 1. The number of carbonyl (C=O) groups excluding carboxylic acids is 1. The van der Waals surface area contributed by atoms with Crippen LogP contribution in [0.3, 0.4) is 0 Å². The number of aryl methyl sites for hydroxylation is 1. The van der Waals surface area contributed by atoms with E-state index in [1.54, 1.807) is 4.90 Å². The molecule has 2 heterocycles. The third-order valence-corrected chi connectivity index (χ3v) is 5.02. The summed E-state index contributed by atoms with van der Waals surface area (Å²) in [4.78, 5) is 18.7. The van der Waals surface area contributed by atoms with Gasteiger partial charge in [-0.3, -0.25) is 4.79 Å². The van der Waals surface area contributed by atoms with E-state index in [9.17, 15) is 4.79 Å². The lowest BCUT2D eigenvalue weighted by Gasteiger charge is -2.16. The molecule has 0 aliphatic rings. The van der Waals surface area contributed by atoms with Gasteiger partial charge in [-0.2, -0.15) is 0 Å². The van der Waals surface area contributed by atoms with Crippen LogP contribution in [0.4, 0.5) is 0 Å². The number of aromatic nitrogens is 1. The first-order chi connectivity index (χ1) is 10.5. The average molecular weight is 333 g/mol. The number of hydrogen-bond donors (Lipinski definition) is 1. The van der Waals surface area contributed by atoms with Gasteiger partial charge < -0.3 is 9.88 Å². The molecule has 3 rings (SSSR count). The van der Waals surface area contributed by atoms with E-state index in [1.165, 1.54) is 11.3 Å². The van der Waals surface area contributed by atoms with Crippen LogP contribution in [0.25, 0.3) is 10.9 Å². The third-order valence-electron chi connectivity index (χ3n) is 3.80. The number of rotatable bonds is 4. The van der Waals surface area contributed by atoms with Gasteiger partial charge in [-0.15, -0.1) is 11.3 Å². The molecule has 3 nitrogen and oxygen atoms in total. The number of H-pyrrole nitrogens is 1. The molecule has 22 heavy (non-hydrogen) atoms. The fourth-order valence-electron chi connectivity index (χ4n) is 2.61. The highest BCUT2D eigenvalue weighted by atomic mass is 35.5. The molecule has 2 aromatic heterocycles. The van der Waals surface area contributed by atoms with Crippen LogP contribution >= 0.6 is 22.9 Å². The van der Waals surface area contributed by atoms with Gasteiger partial charge in [-0.25, -0.2) is 0 Å². The second kappa shape index (κ2) is 6.15. The van der Waals surface area contributed by atoms with Gasteiger partial charge in [0.25, 0.3) is 0 Å². The number of halogens is 1. The van der Waals surface area contributed by atoms with Gasteiger partial charge in [0, 0.05) is 28.5 Å². The summed E-state index contributed by atoms with van der Waals surface area (Å²) in [5.41, 5.74) is 3.22. The number of fused-ring (bicyclic) bond motifs is 1. The van der Waals surface area contributed by atoms with Crippen LogP contribution in [0, 0.1) is 6.92 Å². The Balaban J connectivity index is 1.76. The highest BCUT2D eigenvalue weighted by molar-refractivity contribution is 7.16. The number of nitrogens with zero attached hydrogens (tertiary/aromatic N) is 1. The van der Waals surface area contributed by atoms with Gasteiger partial charge in [0.15, 0.2) is 0 Å². The maximum absolute atomic E-state index is 12.5. The predicted octanol–water partition coefficient (Wildman–Crippen LogP) is 4.39. The third kappa shape index (κ3) is 3.03. The van der Waals surface area contributed by atoms with Gasteiger partial charge in [-0.1, -0.05) is 29.8 Å². The lowest BCUT2D eigenvalue weighted by atomic mass is 10.1. The van der Waals surface area contributed by atoms with Crippen molar-refractivity contribution >= 4 is 39.7 Å². The van der Waals surface area contributed by atoms with Gasteiger partial charge >= 0.3 is 0 Å². The SMILES string of the molecule is Cc1[nH]c2ccccc2c1CC(=O)N(C)Cc1ccc(Cl)s1. The summed E-state index contributed by atoms with van der Waals surface area (Å²) in [6.45, 7) is 2.61. The second-order valence-electron chi connectivity index (χ2n) is 5.41. The summed E-state index contributed by atoms with van der Waals surface area (Å²) < 4.78 is 0.753. The molecule has 1 N–H and O–H groups in total. The number of thiophene rings is 1. The lowest BCUT2D eigenvalue weighted by molar-refractivity contribution is -0.129. The molecule has 0 bridgehead atoms. The molecule has 0 aliphatic heterocycles. The molecule has 0 saturated heterocycles. The van der Waals surface area contributed by atoms with Crippen molar-refractivity contribution in [1.29, 1.82) is 0 Å². The van der Waals surface area contributed by atoms with E-state index in [1.807, 2.05) is 44.3 Å². The molecule has 0 spiro atoms. The smallest absolute Gasteiger partial charge is 0.227 e. The first-order valence-electron chi connectivity index (χ1n) is 7.09. The second-order valence-corrected chi connectivity index (χ2v) is 7.21. The Morgan fingerprint density at radius 2 is 2.05 bits per heavy atom. The molecule has 0 saturated carbocycles. The summed E-state index contributed by atoms with van der Waals surface area (Å²) in [5, 5.41) is 1.13. The lowest BCUT2D eigenvalue weighted by Crippen LogP contribution is -2.27. The molecule has 0 atom stereocenters. The molecule has 0 unspecified atom stereocenters. The standard InChI is InChI=1S/C17H17ClN2OS/c1-11-14(13-5-3-4-6-15(13)19-11)9-17(21)20(2)10-12-7-8-16(18)22-12/h3-8,19H,9-10H2,1-2H3. The van der Waals surface area contributed by atoms with E-state index in [0.29, 0.717) is 13.0 Å². The highest BCUT2D eigenvalue weighted by Crippen LogP contribution is 2.24. The molecule has 3 aromatic rings. The maximum atomic E-state index is 12.5. The van der Waals surface area contributed by atoms with Crippen LogP contribution in [0.1, 0.15) is 16.1 Å². The summed E-state index contributed by atoms with van der Waals surface area (Å²) in [5.74, 6) is 0.109. The van der Waals surface area contributed by atoms with E-state index in [-0.39, 0.29) is 5.91 Å². The zero-order chi connectivity index (χ0) is 15.7. The number of hydrogen-bond acceptors (Lipinski definition) is 2. The molecule has 0 fully saturated rings. The normalized spacial score (nSPS) is 11.0. The van der Waals surface area contributed by atoms with E-state index in [4.69, 9.17) is 11.6 Å². The van der Waals surface area contributed by atoms with Crippen LogP contribution in [0.5, 0.6) is 0 Å². The van der Waals surface area contributed by atoms with Gasteiger partial charge in [0.05, 0.1) is 17.3 Å². The fourth-order valence-corrected chi connectivity index (χ4v) is 3.75. The average Bonchev–Trinajstić information content (AvgIpc) is 3.03. The summed E-state index contributed by atoms with van der Waals surface area (Å²) in [7, 11) is 1.83. The van der Waals surface area contributed by atoms with Crippen LogP contribution in [0.2, 0.25) is 4.34 Å². The van der Waals surface area contributed by atoms with Crippen molar-refractivity contribution < 1.29 is 4.79 Å².